The standard InChI is InChI=1S/C24H28N2O7/c1-5-25(6-2)7-8-26-11-14-9-16(28-3)20-22(32-12-30-20)18(14)19-15(24(26)27)10-17(29-4)21-23(19)33-13-31-21/h9-10H,5-8,11-13H2,1-4H3. The lowest BCUT2D eigenvalue weighted by atomic mass is 9.93. The highest BCUT2D eigenvalue weighted by molar-refractivity contribution is 6.07. The van der Waals surface area contributed by atoms with Crippen LogP contribution < -0.4 is 28.4 Å². The van der Waals surface area contributed by atoms with E-state index in [9.17, 15) is 4.79 Å². The quantitative estimate of drug-likeness (QED) is 0.629. The van der Waals surface area contributed by atoms with E-state index in [4.69, 9.17) is 28.4 Å². The summed E-state index contributed by atoms with van der Waals surface area (Å²) in [5.74, 6) is 2.97. The Balaban J connectivity index is 1.73. The minimum absolute atomic E-state index is 0.0487. The zero-order valence-electron chi connectivity index (χ0n) is 19.4. The van der Waals surface area contributed by atoms with Gasteiger partial charge in [0.1, 0.15) is 0 Å². The van der Waals surface area contributed by atoms with Crippen LogP contribution >= 0.6 is 0 Å². The third-order valence-corrected chi connectivity index (χ3v) is 6.45. The highest BCUT2D eigenvalue weighted by atomic mass is 16.7. The zero-order chi connectivity index (χ0) is 23.1. The molecule has 0 bridgehead atoms. The first-order valence-electron chi connectivity index (χ1n) is 11.1. The largest absolute Gasteiger partial charge is 0.493 e. The molecule has 5 rings (SSSR count). The number of amides is 1. The fourth-order valence-corrected chi connectivity index (χ4v) is 4.68. The molecule has 0 atom stereocenters. The van der Waals surface area contributed by atoms with Crippen molar-refractivity contribution in [3.05, 3.63) is 23.3 Å². The number of hydrogen-bond donors (Lipinski definition) is 0. The molecule has 0 fully saturated rings. The van der Waals surface area contributed by atoms with E-state index in [0.717, 1.165) is 30.8 Å². The van der Waals surface area contributed by atoms with Crippen molar-refractivity contribution >= 4 is 5.91 Å². The topological polar surface area (TPSA) is 78.9 Å². The number of fused-ring (bicyclic) bond motifs is 7. The number of rotatable bonds is 7. The maximum atomic E-state index is 13.9. The second-order valence-corrected chi connectivity index (χ2v) is 8.00. The van der Waals surface area contributed by atoms with Crippen molar-refractivity contribution in [2.75, 3.05) is 54.0 Å². The molecule has 0 radical (unpaired) electrons. The molecule has 33 heavy (non-hydrogen) atoms. The van der Waals surface area contributed by atoms with Gasteiger partial charge in [-0.1, -0.05) is 13.8 Å². The summed E-state index contributed by atoms with van der Waals surface area (Å²) in [6.45, 7) is 7.95. The predicted octanol–water partition coefficient (Wildman–Crippen LogP) is 3.13. The molecule has 3 heterocycles. The van der Waals surface area contributed by atoms with Crippen molar-refractivity contribution in [3.8, 4) is 45.6 Å². The van der Waals surface area contributed by atoms with Crippen molar-refractivity contribution in [2.24, 2.45) is 0 Å². The monoisotopic (exact) mass is 456 g/mol. The van der Waals surface area contributed by atoms with Crippen LogP contribution in [-0.4, -0.2) is 69.7 Å². The van der Waals surface area contributed by atoms with Crippen molar-refractivity contribution in [3.63, 3.8) is 0 Å². The number of carbonyl (C=O) groups excluding carboxylic acids is 1. The third-order valence-electron chi connectivity index (χ3n) is 6.45. The van der Waals surface area contributed by atoms with Gasteiger partial charge in [-0.15, -0.1) is 0 Å². The second-order valence-electron chi connectivity index (χ2n) is 8.00. The Bertz CT molecular complexity index is 1100. The number of hydrogen-bond acceptors (Lipinski definition) is 8. The van der Waals surface area contributed by atoms with Crippen LogP contribution in [0.4, 0.5) is 0 Å². The van der Waals surface area contributed by atoms with E-state index in [1.165, 1.54) is 0 Å². The van der Waals surface area contributed by atoms with Gasteiger partial charge in [0.2, 0.25) is 25.1 Å². The molecule has 0 saturated carbocycles. The zero-order valence-corrected chi connectivity index (χ0v) is 19.4. The van der Waals surface area contributed by atoms with Gasteiger partial charge in [0.25, 0.3) is 5.91 Å². The third kappa shape index (κ3) is 3.38. The predicted molar refractivity (Wildman–Crippen MR) is 120 cm³/mol. The summed E-state index contributed by atoms with van der Waals surface area (Å²) in [7, 11) is 3.15. The van der Waals surface area contributed by atoms with Gasteiger partial charge in [-0.3, -0.25) is 4.79 Å². The molecule has 0 spiro atoms. The van der Waals surface area contributed by atoms with Crippen molar-refractivity contribution in [2.45, 2.75) is 20.4 Å². The number of nitrogens with zero attached hydrogens (tertiary/aromatic N) is 2. The summed E-state index contributed by atoms with van der Waals surface area (Å²) in [6.07, 6.45) is 0. The lowest BCUT2D eigenvalue weighted by molar-refractivity contribution is 0.0727. The lowest BCUT2D eigenvalue weighted by Gasteiger charge is -2.26. The van der Waals surface area contributed by atoms with Crippen LogP contribution in [-0.2, 0) is 6.54 Å². The molecule has 3 aliphatic heterocycles. The average Bonchev–Trinajstić information content (AvgIpc) is 3.50. The summed E-state index contributed by atoms with van der Waals surface area (Å²) in [5, 5.41) is 0. The van der Waals surface area contributed by atoms with Crippen molar-refractivity contribution < 1.29 is 33.2 Å². The van der Waals surface area contributed by atoms with Gasteiger partial charge in [0.15, 0.2) is 23.0 Å². The molecule has 9 nitrogen and oxygen atoms in total. The molecule has 0 aromatic heterocycles. The number of likely N-dealkylation sites (N-methyl/N-ethyl adjacent to an activating group) is 1. The van der Waals surface area contributed by atoms with Crippen molar-refractivity contribution in [1.29, 1.82) is 0 Å². The van der Waals surface area contributed by atoms with Crippen LogP contribution in [0.2, 0.25) is 0 Å². The Morgan fingerprint density at radius 3 is 2.06 bits per heavy atom. The van der Waals surface area contributed by atoms with Crippen LogP contribution in [0.1, 0.15) is 29.8 Å². The van der Waals surface area contributed by atoms with E-state index in [1.54, 1.807) is 20.3 Å². The lowest BCUT2D eigenvalue weighted by Crippen LogP contribution is -2.37. The Morgan fingerprint density at radius 2 is 1.45 bits per heavy atom. The molecular weight excluding hydrogens is 428 g/mol. The summed E-state index contributed by atoms with van der Waals surface area (Å²) < 4.78 is 34.3. The van der Waals surface area contributed by atoms with E-state index in [-0.39, 0.29) is 19.5 Å². The minimum Gasteiger partial charge on any atom is -0.493 e. The summed E-state index contributed by atoms with van der Waals surface area (Å²) in [6, 6.07) is 3.65. The van der Waals surface area contributed by atoms with Crippen LogP contribution in [0.25, 0.3) is 11.1 Å². The first-order chi connectivity index (χ1) is 16.1. The van der Waals surface area contributed by atoms with Crippen LogP contribution in [0.5, 0.6) is 34.5 Å². The Kier molecular flexibility index (Phi) is 5.57. The minimum atomic E-state index is -0.100. The van der Waals surface area contributed by atoms with Crippen molar-refractivity contribution in [1.82, 2.24) is 9.80 Å². The molecule has 2 aromatic rings. The van der Waals surface area contributed by atoms with E-state index in [0.29, 0.717) is 58.7 Å². The first-order valence-corrected chi connectivity index (χ1v) is 11.1. The van der Waals surface area contributed by atoms with Gasteiger partial charge >= 0.3 is 0 Å². The van der Waals surface area contributed by atoms with Gasteiger partial charge in [0, 0.05) is 30.8 Å². The molecule has 0 N–H and O–H groups in total. The summed E-state index contributed by atoms with van der Waals surface area (Å²) in [4.78, 5) is 18.0. The smallest absolute Gasteiger partial charge is 0.255 e. The Morgan fingerprint density at radius 1 is 0.879 bits per heavy atom. The van der Waals surface area contributed by atoms with Crippen LogP contribution in [0, 0.1) is 0 Å². The van der Waals surface area contributed by atoms with Gasteiger partial charge < -0.3 is 38.2 Å². The molecule has 176 valence electrons. The van der Waals surface area contributed by atoms with E-state index >= 15 is 0 Å². The summed E-state index contributed by atoms with van der Waals surface area (Å²) >= 11 is 0. The average molecular weight is 456 g/mol. The SMILES string of the molecule is CCN(CC)CCN1Cc2cc(OC)c3c(c2-c2c(cc(OC)c4c2OCO4)C1=O)OCO3. The molecule has 2 aromatic carbocycles. The fourth-order valence-electron chi connectivity index (χ4n) is 4.68. The van der Waals surface area contributed by atoms with E-state index in [2.05, 4.69) is 18.7 Å². The maximum absolute atomic E-state index is 13.9. The van der Waals surface area contributed by atoms with Gasteiger partial charge in [0.05, 0.1) is 19.8 Å². The molecule has 3 aliphatic rings. The van der Waals surface area contributed by atoms with Crippen LogP contribution in [0.15, 0.2) is 12.1 Å². The normalized spacial score (nSPS) is 15.4. The molecule has 0 unspecified atom stereocenters. The number of ether oxygens (including phenoxy) is 6. The highest BCUT2D eigenvalue weighted by Crippen LogP contribution is 2.57. The number of carbonyl (C=O) groups is 1. The Labute approximate surface area is 192 Å². The molecule has 0 saturated heterocycles. The molecule has 0 aliphatic carbocycles. The van der Waals surface area contributed by atoms with E-state index < -0.39 is 0 Å². The molecule has 1 amide bonds. The fraction of sp³-hybridized carbons (Fsp3) is 0.458. The van der Waals surface area contributed by atoms with Gasteiger partial charge in [-0.05, 0) is 30.8 Å². The Hall–Kier alpha value is -3.33. The summed E-state index contributed by atoms with van der Waals surface area (Å²) in [5.41, 5.74) is 2.78. The van der Waals surface area contributed by atoms with Gasteiger partial charge in [-0.25, -0.2) is 0 Å². The number of methoxy groups -OCH3 is 2. The maximum Gasteiger partial charge on any atom is 0.255 e. The number of benzene rings is 2. The van der Waals surface area contributed by atoms with Crippen LogP contribution in [0.3, 0.4) is 0 Å². The van der Waals surface area contributed by atoms with Gasteiger partial charge in [-0.2, -0.15) is 0 Å². The molecular formula is C24H28N2O7. The second kappa shape index (κ2) is 8.55. The highest BCUT2D eigenvalue weighted by Gasteiger charge is 2.39. The first kappa shape index (κ1) is 21.5. The molecule has 9 heteroatoms. The van der Waals surface area contributed by atoms with E-state index in [1.807, 2.05) is 11.0 Å².